The van der Waals surface area contributed by atoms with Crippen LogP contribution in [0.15, 0.2) is 48.5 Å². The molecule has 0 aliphatic heterocycles. The lowest BCUT2D eigenvalue weighted by Crippen LogP contribution is -2.31. The summed E-state index contributed by atoms with van der Waals surface area (Å²) in [6, 6.07) is 13.0. The summed E-state index contributed by atoms with van der Waals surface area (Å²) in [6.45, 7) is 1.09. The molecule has 0 aliphatic carbocycles. The van der Waals surface area contributed by atoms with Gasteiger partial charge in [-0.1, -0.05) is 23.7 Å². The van der Waals surface area contributed by atoms with Crippen molar-refractivity contribution in [2.75, 3.05) is 11.9 Å². The maximum absolute atomic E-state index is 12.0. The lowest BCUT2D eigenvalue weighted by molar-refractivity contribution is -0.155. The van der Waals surface area contributed by atoms with E-state index < -0.39 is 18.0 Å². The lowest BCUT2D eigenvalue weighted by atomic mass is 10.2. The molecule has 0 heterocycles. The van der Waals surface area contributed by atoms with Crippen LogP contribution in [0.3, 0.4) is 0 Å². The van der Waals surface area contributed by atoms with E-state index in [1.54, 1.807) is 48.5 Å². The van der Waals surface area contributed by atoms with Crippen molar-refractivity contribution in [3.05, 3.63) is 59.1 Å². The number of hydrogen-bond donors (Lipinski definition) is 1. The van der Waals surface area contributed by atoms with E-state index in [0.29, 0.717) is 28.3 Å². The number of nitrogens with one attached hydrogen (secondary N) is 1. The van der Waals surface area contributed by atoms with Crippen LogP contribution in [0.4, 0.5) is 5.69 Å². The number of esters is 1. The van der Waals surface area contributed by atoms with Crippen LogP contribution in [-0.4, -0.2) is 30.9 Å². The molecule has 1 amide bonds. The zero-order valence-electron chi connectivity index (χ0n) is 13.4. The Morgan fingerprint density at radius 2 is 1.84 bits per heavy atom. The Balaban J connectivity index is 1.81. The van der Waals surface area contributed by atoms with E-state index in [1.807, 2.05) is 0 Å². The normalized spacial score (nSPS) is 11.3. The maximum Gasteiger partial charge on any atom is 0.344 e. The monoisotopic (exact) mass is 361 g/mol. The first-order chi connectivity index (χ1) is 12.0. The number of hydrogen-bond acceptors (Lipinski definition) is 5. The average Bonchev–Trinajstić information content (AvgIpc) is 2.62. The van der Waals surface area contributed by atoms with Gasteiger partial charge >= 0.3 is 5.97 Å². The van der Waals surface area contributed by atoms with Crippen molar-refractivity contribution in [2.45, 2.75) is 13.0 Å². The Labute approximate surface area is 149 Å². The molecular formula is C18H16ClNO5. The third kappa shape index (κ3) is 5.61. The Morgan fingerprint density at radius 1 is 1.16 bits per heavy atom. The molecule has 0 unspecified atom stereocenters. The molecule has 2 aromatic rings. The number of carbonyl (C=O) groups is 3. The van der Waals surface area contributed by atoms with Crippen LogP contribution in [0, 0.1) is 0 Å². The van der Waals surface area contributed by atoms with Crippen LogP contribution in [0.1, 0.15) is 17.3 Å². The second kappa shape index (κ2) is 8.84. The van der Waals surface area contributed by atoms with Crippen LogP contribution in [0.25, 0.3) is 0 Å². The largest absolute Gasteiger partial charge is 0.482 e. The smallest absolute Gasteiger partial charge is 0.344 e. The third-order valence-electron chi connectivity index (χ3n) is 3.18. The number of rotatable bonds is 7. The predicted molar refractivity (Wildman–Crippen MR) is 93.0 cm³/mol. The van der Waals surface area contributed by atoms with Crippen molar-refractivity contribution < 1.29 is 23.9 Å². The zero-order valence-corrected chi connectivity index (χ0v) is 14.2. The quantitative estimate of drug-likeness (QED) is 0.605. The molecule has 7 heteroatoms. The molecule has 25 heavy (non-hydrogen) atoms. The minimum atomic E-state index is -1.01. The van der Waals surface area contributed by atoms with Gasteiger partial charge in [0.2, 0.25) is 0 Å². The first kappa shape index (κ1) is 18.5. The van der Waals surface area contributed by atoms with Crippen LogP contribution in [-0.2, 0) is 14.3 Å². The molecule has 0 aromatic heterocycles. The van der Waals surface area contributed by atoms with Gasteiger partial charge in [-0.15, -0.1) is 0 Å². The van der Waals surface area contributed by atoms with Crippen molar-refractivity contribution in [2.24, 2.45) is 0 Å². The van der Waals surface area contributed by atoms with Gasteiger partial charge < -0.3 is 14.8 Å². The van der Waals surface area contributed by atoms with Crippen molar-refractivity contribution in [3.8, 4) is 5.75 Å². The first-order valence-electron chi connectivity index (χ1n) is 7.42. The van der Waals surface area contributed by atoms with Gasteiger partial charge in [-0.2, -0.15) is 0 Å². The summed E-state index contributed by atoms with van der Waals surface area (Å²) in [5.41, 5.74) is 0.934. The van der Waals surface area contributed by atoms with Gasteiger partial charge in [-0.25, -0.2) is 4.79 Å². The summed E-state index contributed by atoms with van der Waals surface area (Å²) >= 11 is 5.95. The molecular weight excluding hydrogens is 346 g/mol. The molecule has 1 N–H and O–H groups in total. The predicted octanol–water partition coefficient (Wildman–Crippen LogP) is 3.10. The molecule has 0 aliphatic rings. The van der Waals surface area contributed by atoms with Crippen LogP contribution in [0.2, 0.25) is 5.02 Å². The summed E-state index contributed by atoms with van der Waals surface area (Å²) in [5.74, 6) is -0.784. The number of benzene rings is 2. The minimum absolute atomic E-state index is 0.357. The second-order valence-electron chi connectivity index (χ2n) is 5.08. The Hall–Kier alpha value is -2.86. The number of anilines is 1. The molecule has 2 aromatic carbocycles. The van der Waals surface area contributed by atoms with Gasteiger partial charge in [0.05, 0.1) is 10.7 Å². The van der Waals surface area contributed by atoms with Gasteiger partial charge in [0, 0.05) is 5.56 Å². The number of halogens is 1. The molecule has 0 bridgehead atoms. The first-order valence-corrected chi connectivity index (χ1v) is 7.80. The SMILES string of the molecule is C[C@H](OC(=O)COc1ccc(C=O)cc1)C(=O)Nc1ccccc1Cl. The highest BCUT2D eigenvalue weighted by molar-refractivity contribution is 6.33. The molecule has 0 spiro atoms. The number of amides is 1. The van der Waals surface area contributed by atoms with Gasteiger partial charge in [0.15, 0.2) is 12.7 Å². The van der Waals surface area contributed by atoms with Crippen molar-refractivity contribution in [1.82, 2.24) is 0 Å². The molecule has 1 atom stereocenters. The minimum Gasteiger partial charge on any atom is -0.482 e. The van der Waals surface area contributed by atoms with E-state index in [1.165, 1.54) is 6.92 Å². The Kier molecular flexibility index (Phi) is 6.54. The molecule has 130 valence electrons. The molecule has 0 saturated heterocycles. The molecule has 0 saturated carbocycles. The molecule has 0 radical (unpaired) electrons. The van der Waals surface area contributed by atoms with Crippen LogP contribution >= 0.6 is 11.6 Å². The third-order valence-corrected chi connectivity index (χ3v) is 3.51. The van der Waals surface area contributed by atoms with Gasteiger partial charge in [0.25, 0.3) is 5.91 Å². The van der Waals surface area contributed by atoms with Crippen molar-refractivity contribution >= 4 is 35.5 Å². The zero-order chi connectivity index (χ0) is 18.2. The van der Waals surface area contributed by atoms with Crippen LogP contribution < -0.4 is 10.1 Å². The number of carbonyl (C=O) groups excluding carboxylic acids is 3. The fourth-order valence-corrected chi connectivity index (χ4v) is 2.05. The second-order valence-corrected chi connectivity index (χ2v) is 5.48. The average molecular weight is 362 g/mol. The highest BCUT2D eigenvalue weighted by Crippen LogP contribution is 2.20. The van der Waals surface area contributed by atoms with Gasteiger partial charge in [-0.05, 0) is 43.3 Å². The molecule has 2 rings (SSSR count). The van der Waals surface area contributed by atoms with Gasteiger partial charge in [-0.3, -0.25) is 9.59 Å². The van der Waals surface area contributed by atoms with Crippen LogP contribution in [0.5, 0.6) is 5.75 Å². The fraction of sp³-hybridized carbons (Fsp3) is 0.167. The highest BCUT2D eigenvalue weighted by atomic mass is 35.5. The van der Waals surface area contributed by atoms with E-state index in [2.05, 4.69) is 5.32 Å². The summed E-state index contributed by atoms with van der Waals surface area (Å²) in [5, 5.41) is 2.97. The van der Waals surface area contributed by atoms with Crippen molar-refractivity contribution in [3.63, 3.8) is 0 Å². The van der Waals surface area contributed by atoms with E-state index in [0.717, 1.165) is 0 Å². The van der Waals surface area contributed by atoms with Gasteiger partial charge in [0.1, 0.15) is 12.0 Å². The molecule has 0 fully saturated rings. The summed E-state index contributed by atoms with van der Waals surface area (Å²) in [6.07, 6.45) is -0.304. The number of aldehydes is 1. The Bertz CT molecular complexity index is 760. The Morgan fingerprint density at radius 3 is 2.48 bits per heavy atom. The van der Waals surface area contributed by atoms with E-state index in [9.17, 15) is 14.4 Å². The summed E-state index contributed by atoms with van der Waals surface area (Å²) in [7, 11) is 0. The number of ether oxygens (including phenoxy) is 2. The summed E-state index contributed by atoms with van der Waals surface area (Å²) < 4.78 is 10.3. The highest BCUT2D eigenvalue weighted by Gasteiger charge is 2.19. The van der Waals surface area contributed by atoms with E-state index >= 15 is 0 Å². The standard InChI is InChI=1S/C18H16ClNO5/c1-12(18(23)20-16-5-3-2-4-15(16)19)25-17(22)11-24-14-8-6-13(10-21)7-9-14/h2-10,12H,11H2,1H3,(H,20,23)/t12-/m0/s1. The lowest BCUT2D eigenvalue weighted by Gasteiger charge is -2.14. The number of para-hydroxylation sites is 1. The fourth-order valence-electron chi connectivity index (χ4n) is 1.87. The van der Waals surface area contributed by atoms with Crippen molar-refractivity contribution in [1.29, 1.82) is 0 Å². The molecule has 6 nitrogen and oxygen atoms in total. The van der Waals surface area contributed by atoms with E-state index in [-0.39, 0.29) is 6.61 Å². The summed E-state index contributed by atoms with van der Waals surface area (Å²) in [4.78, 5) is 34.3. The topological polar surface area (TPSA) is 81.7 Å². The van der Waals surface area contributed by atoms with E-state index in [4.69, 9.17) is 21.1 Å². The maximum atomic E-state index is 12.0.